The normalized spacial score (nSPS) is 15.7. The molecule has 1 heterocycles. The Morgan fingerprint density at radius 1 is 1.00 bits per heavy atom. The molecule has 0 aliphatic carbocycles. The third-order valence-corrected chi connectivity index (χ3v) is 4.50. The van der Waals surface area contributed by atoms with E-state index in [0.29, 0.717) is 0 Å². The third-order valence-electron chi connectivity index (χ3n) is 4.25. The van der Waals surface area contributed by atoms with Crippen LogP contribution in [0.15, 0.2) is 53.6 Å². The van der Waals surface area contributed by atoms with Crippen LogP contribution in [0.1, 0.15) is 18.9 Å². The van der Waals surface area contributed by atoms with Crippen molar-refractivity contribution in [2.24, 2.45) is 5.10 Å². The highest BCUT2D eigenvalue weighted by Crippen LogP contribution is 2.20. The molecular formula is C19H22ClN3O. The molecule has 2 aromatic rings. The first-order valence-corrected chi connectivity index (χ1v) is 8.66. The number of phenolic OH excluding ortho intramolecular Hbond substituents is 1. The minimum atomic E-state index is 0.283. The van der Waals surface area contributed by atoms with Gasteiger partial charge in [0.15, 0.2) is 0 Å². The van der Waals surface area contributed by atoms with Crippen LogP contribution in [0.5, 0.6) is 5.75 Å². The number of phenols is 1. The number of hydrazone groups is 1. The predicted octanol–water partition coefficient (Wildman–Crippen LogP) is 3.98. The lowest BCUT2D eigenvalue weighted by molar-refractivity contribution is 0.270. The molecule has 1 N–H and O–H groups in total. The van der Waals surface area contributed by atoms with Gasteiger partial charge in [-0.05, 0) is 60.5 Å². The van der Waals surface area contributed by atoms with Gasteiger partial charge in [0.05, 0.1) is 18.8 Å². The summed E-state index contributed by atoms with van der Waals surface area (Å²) in [5, 5.41) is 17.1. The van der Waals surface area contributed by atoms with Crippen LogP contribution in [-0.2, 0) is 0 Å². The molecular weight excluding hydrogens is 322 g/mol. The lowest BCUT2D eigenvalue weighted by atomic mass is 10.1. The van der Waals surface area contributed by atoms with Crippen molar-refractivity contribution >= 4 is 23.0 Å². The van der Waals surface area contributed by atoms with Gasteiger partial charge in [0.1, 0.15) is 5.75 Å². The fraction of sp³-hybridized carbons (Fsp3) is 0.316. The van der Waals surface area contributed by atoms with E-state index in [2.05, 4.69) is 29.0 Å². The second kappa shape index (κ2) is 7.58. The molecule has 0 radical (unpaired) electrons. The van der Waals surface area contributed by atoms with Gasteiger partial charge in [-0.3, -0.25) is 5.01 Å². The Labute approximate surface area is 148 Å². The molecule has 1 fully saturated rings. The van der Waals surface area contributed by atoms with E-state index in [1.54, 1.807) is 12.1 Å². The van der Waals surface area contributed by atoms with Crippen LogP contribution in [0.4, 0.5) is 5.69 Å². The van der Waals surface area contributed by atoms with Crippen molar-refractivity contribution in [3.05, 3.63) is 59.1 Å². The van der Waals surface area contributed by atoms with Gasteiger partial charge < -0.3 is 10.0 Å². The van der Waals surface area contributed by atoms with Gasteiger partial charge >= 0.3 is 0 Å². The fourth-order valence-corrected chi connectivity index (χ4v) is 2.99. The molecule has 0 saturated carbocycles. The average Bonchev–Trinajstić information content (AvgIpc) is 2.62. The van der Waals surface area contributed by atoms with E-state index in [9.17, 15) is 5.11 Å². The molecule has 5 heteroatoms. The molecule has 1 aliphatic heterocycles. The Bertz CT molecular complexity index is 690. The highest BCUT2D eigenvalue weighted by Gasteiger charge is 2.16. The highest BCUT2D eigenvalue weighted by molar-refractivity contribution is 6.30. The number of hydrogen-bond donors (Lipinski definition) is 1. The molecule has 3 rings (SSSR count). The van der Waals surface area contributed by atoms with Crippen molar-refractivity contribution in [3.63, 3.8) is 0 Å². The summed E-state index contributed by atoms with van der Waals surface area (Å²) in [7, 11) is 0. The number of hydrogen-bond acceptors (Lipinski definition) is 4. The lowest BCUT2D eigenvalue weighted by Gasteiger charge is -2.35. The molecule has 0 aromatic heterocycles. The summed E-state index contributed by atoms with van der Waals surface area (Å²) in [6.45, 7) is 5.78. The van der Waals surface area contributed by atoms with Gasteiger partial charge in [-0.15, -0.1) is 0 Å². The van der Waals surface area contributed by atoms with Crippen LogP contribution in [0.2, 0.25) is 5.02 Å². The minimum absolute atomic E-state index is 0.283. The van der Waals surface area contributed by atoms with Gasteiger partial charge in [-0.2, -0.15) is 5.10 Å². The molecule has 24 heavy (non-hydrogen) atoms. The largest absolute Gasteiger partial charge is 0.508 e. The number of aromatic hydroxyl groups is 1. The molecule has 0 atom stereocenters. The SMILES string of the molecule is CCC(=NN1CCN(c2ccc(Cl)cc2)CC1)c1ccc(O)cc1. The zero-order chi connectivity index (χ0) is 16.9. The average molecular weight is 344 g/mol. The smallest absolute Gasteiger partial charge is 0.115 e. The van der Waals surface area contributed by atoms with Crippen LogP contribution >= 0.6 is 11.6 Å². The monoisotopic (exact) mass is 343 g/mol. The zero-order valence-corrected chi connectivity index (χ0v) is 14.6. The number of rotatable bonds is 4. The topological polar surface area (TPSA) is 39.1 Å². The van der Waals surface area contributed by atoms with Crippen molar-refractivity contribution in [3.8, 4) is 5.75 Å². The zero-order valence-electron chi connectivity index (χ0n) is 13.8. The van der Waals surface area contributed by atoms with Gasteiger partial charge in [0.25, 0.3) is 0 Å². The van der Waals surface area contributed by atoms with Crippen LogP contribution < -0.4 is 4.90 Å². The van der Waals surface area contributed by atoms with Crippen molar-refractivity contribution in [2.75, 3.05) is 31.1 Å². The summed E-state index contributed by atoms with van der Waals surface area (Å²) in [5.41, 5.74) is 3.32. The fourth-order valence-electron chi connectivity index (χ4n) is 2.86. The van der Waals surface area contributed by atoms with Crippen LogP contribution in [-0.4, -0.2) is 42.0 Å². The number of piperazine rings is 1. The van der Waals surface area contributed by atoms with Crippen molar-refractivity contribution in [1.82, 2.24) is 5.01 Å². The Kier molecular flexibility index (Phi) is 5.26. The van der Waals surface area contributed by atoms with E-state index in [4.69, 9.17) is 16.7 Å². The summed E-state index contributed by atoms with van der Waals surface area (Å²) in [6, 6.07) is 15.2. The van der Waals surface area contributed by atoms with Gasteiger partial charge in [-0.25, -0.2) is 0 Å². The molecule has 0 unspecified atom stereocenters. The molecule has 0 spiro atoms. The summed E-state index contributed by atoms with van der Waals surface area (Å²) < 4.78 is 0. The quantitative estimate of drug-likeness (QED) is 0.853. The van der Waals surface area contributed by atoms with E-state index >= 15 is 0 Å². The van der Waals surface area contributed by atoms with Crippen LogP contribution in [0, 0.1) is 0 Å². The maximum Gasteiger partial charge on any atom is 0.115 e. The summed E-state index contributed by atoms with van der Waals surface area (Å²) >= 11 is 5.95. The van der Waals surface area contributed by atoms with Crippen molar-refractivity contribution in [2.45, 2.75) is 13.3 Å². The molecule has 0 bridgehead atoms. The Morgan fingerprint density at radius 2 is 1.62 bits per heavy atom. The first-order chi connectivity index (χ1) is 11.7. The lowest BCUT2D eigenvalue weighted by Crippen LogP contribution is -2.44. The number of benzene rings is 2. The first kappa shape index (κ1) is 16.7. The van der Waals surface area contributed by atoms with E-state index in [1.807, 2.05) is 24.3 Å². The Morgan fingerprint density at radius 3 is 2.21 bits per heavy atom. The molecule has 126 valence electrons. The summed E-state index contributed by atoms with van der Waals surface area (Å²) in [6.07, 6.45) is 0.863. The van der Waals surface area contributed by atoms with E-state index in [1.165, 1.54) is 5.69 Å². The maximum absolute atomic E-state index is 9.42. The molecule has 0 amide bonds. The van der Waals surface area contributed by atoms with Gasteiger partial charge in [0.2, 0.25) is 0 Å². The minimum Gasteiger partial charge on any atom is -0.508 e. The second-order valence-corrected chi connectivity index (χ2v) is 6.30. The predicted molar refractivity (Wildman–Crippen MR) is 100 cm³/mol. The summed E-state index contributed by atoms with van der Waals surface area (Å²) in [4.78, 5) is 2.36. The Balaban J connectivity index is 1.65. The van der Waals surface area contributed by atoms with Crippen molar-refractivity contribution < 1.29 is 5.11 Å². The third kappa shape index (κ3) is 4.01. The highest BCUT2D eigenvalue weighted by atomic mass is 35.5. The molecule has 1 saturated heterocycles. The van der Waals surface area contributed by atoms with Gasteiger partial charge in [-0.1, -0.05) is 18.5 Å². The van der Waals surface area contributed by atoms with Gasteiger partial charge in [0, 0.05) is 23.8 Å². The van der Waals surface area contributed by atoms with E-state index < -0.39 is 0 Å². The van der Waals surface area contributed by atoms with E-state index in [-0.39, 0.29) is 5.75 Å². The standard InChI is InChI=1S/C19H22ClN3O/c1-2-19(15-3-9-18(24)10-4-15)21-23-13-11-22(12-14-23)17-7-5-16(20)6-8-17/h3-10,24H,2,11-14H2,1H3. The van der Waals surface area contributed by atoms with E-state index in [0.717, 1.165) is 48.9 Å². The van der Waals surface area contributed by atoms with Crippen LogP contribution in [0.25, 0.3) is 0 Å². The summed E-state index contributed by atoms with van der Waals surface area (Å²) in [5.74, 6) is 0.283. The maximum atomic E-state index is 9.42. The number of anilines is 1. The number of nitrogens with zero attached hydrogens (tertiary/aromatic N) is 3. The number of halogens is 1. The molecule has 2 aromatic carbocycles. The molecule has 1 aliphatic rings. The Hall–Kier alpha value is -2.20. The molecule has 4 nitrogen and oxygen atoms in total. The van der Waals surface area contributed by atoms with Crippen molar-refractivity contribution in [1.29, 1.82) is 0 Å². The van der Waals surface area contributed by atoms with Crippen LogP contribution in [0.3, 0.4) is 0 Å². The second-order valence-electron chi connectivity index (χ2n) is 5.86. The first-order valence-electron chi connectivity index (χ1n) is 8.28.